The zero-order chi connectivity index (χ0) is 22.1. The van der Waals surface area contributed by atoms with E-state index in [-0.39, 0.29) is 11.6 Å². The zero-order valence-corrected chi connectivity index (χ0v) is 17.5. The van der Waals surface area contributed by atoms with Gasteiger partial charge in [-0.25, -0.2) is 4.68 Å². The molecule has 3 aromatic rings. The maximum absolute atomic E-state index is 13.2. The van der Waals surface area contributed by atoms with Crippen molar-refractivity contribution in [2.75, 3.05) is 23.3 Å². The minimum Gasteiger partial charge on any atom is -0.371 e. The lowest BCUT2D eigenvalue weighted by Crippen LogP contribution is -2.31. The summed E-state index contributed by atoms with van der Waals surface area (Å²) in [5.41, 5.74) is 2.30. The zero-order valence-electron chi connectivity index (χ0n) is 17.5. The molecule has 0 radical (unpaired) electrons. The largest absolute Gasteiger partial charge is 0.371 e. The number of carbonyl (C=O) groups excluding carboxylic acids is 1. The van der Waals surface area contributed by atoms with E-state index in [1.54, 1.807) is 12.1 Å². The van der Waals surface area contributed by atoms with Gasteiger partial charge < -0.3 is 10.2 Å². The van der Waals surface area contributed by atoms with E-state index in [2.05, 4.69) is 25.7 Å². The Morgan fingerprint density at radius 2 is 1.91 bits per heavy atom. The molecule has 1 saturated carbocycles. The average molecular weight is 433 g/mol. The molecule has 164 valence electrons. The molecular formula is C22H23N7O3. The summed E-state index contributed by atoms with van der Waals surface area (Å²) in [6.07, 6.45) is 5.34. The standard InChI is InChI=1S/C22H23N7O3/c30-22(19-14-18(29(31)32)9-10-20(19)27-11-2-1-3-12-27)23-16-6-4-5-15(13-16)21-24-25-26-28(21)17-7-8-17/h4-6,9-10,13-14,17H,1-3,7-8,11-12H2,(H,23,30). The average Bonchev–Trinajstić information content (AvgIpc) is 3.55. The van der Waals surface area contributed by atoms with Crippen LogP contribution in [0.1, 0.15) is 48.5 Å². The summed E-state index contributed by atoms with van der Waals surface area (Å²) in [7, 11) is 0. The number of benzene rings is 2. The number of anilines is 2. The summed E-state index contributed by atoms with van der Waals surface area (Å²) < 4.78 is 1.82. The molecule has 2 aliphatic rings. The molecule has 0 bridgehead atoms. The highest BCUT2D eigenvalue weighted by Gasteiger charge is 2.28. The summed E-state index contributed by atoms with van der Waals surface area (Å²) in [5.74, 6) is 0.279. The first-order valence-corrected chi connectivity index (χ1v) is 10.8. The van der Waals surface area contributed by atoms with Gasteiger partial charge in [-0.1, -0.05) is 12.1 Å². The van der Waals surface area contributed by atoms with Gasteiger partial charge in [0.2, 0.25) is 0 Å². The summed E-state index contributed by atoms with van der Waals surface area (Å²) in [6.45, 7) is 1.66. The maximum atomic E-state index is 13.2. The molecule has 1 amide bonds. The van der Waals surface area contributed by atoms with Crippen LogP contribution in [0.4, 0.5) is 17.1 Å². The number of non-ortho nitro benzene ring substituents is 1. The van der Waals surface area contributed by atoms with Crippen LogP contribution >= 0.6 is 0 Å². The number of rotatable bonds is 6. The molecule has 0 spiro atoms. The van der Waals surface area contributed by atoms with Crippen LogP contribution in [0, 0.1) is 10.1 Å². The van der Waals surface area contributed by atoms with E-state index >= 15 is 0 Å². The maximum Gasteiger partial charge on any atom is 0.270 e. The van der Waals surface area contributed by atoms with Crippen molar-refractivity contribution in [1.82, 2.24) is 20.2 Å². The molecule has 1 aliphatic carbocycles. The second kappa shape index (κ2) is 8.37. The fraction of sp³-hybridized carbons (Fsp3) is 0.364. The number of piperidine rings is 1. The monoisotopic (exact) mass is 433 g/mol. The Morgan fingerprint density at radius 1 is 1.09 bits per heavy atom. The smallest absolute Gasteiger partial charge is 0.270 e. The van der Waals surface area contributed by atoms with Crippen LogP contribution in [0.3, 0.4) is 0 Å². The fourth-order valence-corrected chi connectivity index (χ4v) is 4.11. The third-order valence-electron chi connectivity index (χ3n) is 5.90. The summed E-state index contributed by atoms with van der Waals surface area (Å²) in [6, 6.07) is 12.2. The molecule has 1 aliphatic heterocycles. The number of aromatic nitrogens is 4. The van der Waals surface area contributed by atoms with Crippen molar-refractivity contribution in [2.24, 2.45) is 0 Å². The third kappa shape index (κ3) is 4.03. The molecule has 1 aromatic heterocycles. The van der Waals surface area contributed by atoms with Crippen molar-refractivity contribution in [3.63, 3.8) is 0 Å². The van der Waals surface area contributed by atoms with Crippen LogP contribution in [0.2, 0.25) is 0 Å². The highest BCUT2D eigenvalue weighted by molar-refractivity contribution is 6.08. The van der Waals surface area contributed by atoms with Crippen molar-refractivity contribution in [3.05, 3.63) is 58.1 Å². The lowest BCUT2D eigenvalue weighted by Gasteiger charge is -2.30. The van der Waals surface area contributed by atoms with Crippen LogP contribution in [0.5, 0.6) is 0 Å². The number of nitrogens with zero attached hydrogens (tertiary/aromatic N) is 6. The normalized spacial score (nSPS) is 16.1. The van der Waals surface area contributed by atoms with E-state index in [4.69, 9.17) is 0 Å². The third-order valence-corrected chi connectivity index (χ3v) is 5.90. The lowest BCUT2D eigenvalue weighted by atomic mass is 10.1. The quantitative estimate of drug-likeness (QED) is 0.463. The molecule has 0 atom stereocenters. The Labute approximate surface area is 184 Å². The van der Waals surface area contributed by atoms with Gasteiger partial charge in [-0.2, -0.15) is 0 Å². The Morgan fingerprint density at radius 3 is 2.66 bits per heavy atom. The highest BCUT2D eigenvalue weighted by Crippen LogP contribution is 2.37. The number of tetrazole rings is 1. The Balaban J connectivity index is 1.44. The number of nitro benzene ring substituents is 1. The molecule has 1 N–H and O–H groups in total. The van der Waals surface area contributed by atoms with E-state index in [9.17, 15) is 14.9 Å². The van der Waals surface area contributed by atoms with Gasteiger partial charge in [0.1, 0.15) is 0 Å². The van der Waals surface area contributed by atoms with Gasteiger partial charge in [0.05, 0.1) is 22.2 Å². The molecule has 32 heavy (non-hydrogen) atoms. The topological polar surface area (TPSA) is 119 Å². The molecule has 2 aromatic carbocycles. The first kappa shape index (κ1) is 20.1. The first-order valence-electron chi connectivity index (χ1n) is 10.8. The van der Waals surface area contributed by atoms with Crippen molar-refractivity contribution in [1.29, 1.82) is 0 Å². The van der Waals surface area contributed by atoms with Gasteiger partial charge >= 0.3 is 0 Å². The predicted molar refractivity (Wildman–Crippen MR) is 119 cm³/mol. The number of amides is 1. The highest BCUT2D eigenvalue weighted by atomic mass is 16.6. The Bertz CT molecular complexity index is 1170. The fourth-order valence-electron chi connectivity index (χ4n) is 4.11. The van der Waals surface area contributed by atoms with Gasteiger partial charge in [-0.15, -0.1) is 5.10 Å². The summed E-state index contributed by atoms with van der Waals surface area (Å²) in [4.78, 5) is 26.2. The summed E-state index contributed by atoms with van der Waals surface area (Å²) >= 11 is 0. The van der Waals surface area contributed by atoms with Crippen molar-refractivity contribution >= 4 is 23.0 Å². The van der Waals surface area contributed by atoms with Crippen LogP contribution < -0.4 is 10.2 Å². The number of carbonyl (C=O) groups is 1. The number of nitro groups is 1. The molecular weight excluding hydrogens is 410 g/mol. The van der Waals surface area contributed by atoms with Crippen molar-refractivity contribution in [3.8, 4) is 11.4 Å². The predicted octanol–water partition coefficient (Wildman–Crippen LogP) is 3.83. The van der Waals surface area contributed by atoms with Crippen LogP contribution in [-0.4, -0.2) is 44.1 Å². The molecule has 5 rings (SSSR count). The number of hydrogen-bond donors (Lipinski definition) is 1. The lowest BCUT2D eigenvalue weighted by molar-refractivity contribution is -0.384. The van der Waals surface area contributed by atoms with E-state index in [1.165, 1.54) is 12.1 Å². The SMILES string of the molecule is O=C(Nc1cccc(-c2nnnn2C2CC2)c1)c1cc([N+](=O)[O-])ccc1N1CCCCC1. The van der Waals surface area contributed by atoms with Crippen LogP contribution in [0.15, 0.2) is 42.5 Å². The van der Waals surface area contributed by atoms with Gasteiger partial charge in [0.15, 0.2) is 5.82 Å². The van der Waals surface area contributed by atoms with E-state index in [0.717, 1.165) is 56.4 Å². The molecule has 0 unspecified atom stereocenters. The van der Waals surface area contributed by atoms with E-state index in [0.29, 0.717) is 23.1 Å². The second-order valence-corrected chi connectivity index (χ2v) is 8.22. The second-order valence-electron chi connectivity index (χ2n) is 8.22. The molecule has 10 heteroatoms. The Kier molecular flexibility index (Phi) is 5.26. The minimum absolute atomic E-state index is 0.103. The van der Waals surface area contributed by atoms with Gasteiger partial charge in [0, 0.05) is 36.5 Å². The Hall–Kier alpha value is -3.82. The number of hydrogen-bond acceptors (Lipinski definition) is 7. The van der Waals surface area contributed by atoms with Crippen LogP contribution in [-0.2, 0) is 0 Å². The molecule has 2 heterocycles. The molecule has 2 fully saturated rings. The van der Waals surface area contributed by atoms with Crippen LogP contribution in [0.25, 0.3) is 11.4 Å². The van der Waals surface area contributed by atoms with Gasteiger partial charge in [0.25, 0.3) is 11.6 Å². The van der Waals surface area contributed by atoms with E-state index < -0.39 is 4.92 Å². The minimum atomic E-state index is -0.477. The number of nitrogens with one attached hydrogen (secondary N) is 1. The van der Waals surface area contributed by atoms with E-state index in [1.807, 2.05) is 22.9 Å². The first-order chi connectivity index (χ1) is 15.6. The van der Waals surface area contributed by atoms with Crippen molar-refractivity contribution in [2.45, 2.75) is 38.1 Å². The van der Waals surface area contributed by atoms with Gasteiger partial charge in [-0.05, 0) is 60.7 Å². The molecule has 1 saturated heterocycles. The van der Waals surface area contributed by atoms with Gasteiger partial charge in [-0.3, -0.25) is 14.9 Å². The van der Waals surface area contributed by atoms with Crippen molar-refractivity contribution < 1.29 is 9.72 Å². The molecule has 10 nitrogen and oxygen atoms in total. The summed E-state index contributed by atoms with van der Waals surface area (Å²) in [5, 5.41) is 26.2.